The van der Waals surface area contributed by atoms with Gasteiger partial charge in [-0.05, 0) is 56.2 Å². The van der Waals surface area contributed by atoms with Crippen molar-refractivity contribution in [2.45, 2.75) is 32.4 Å². The first-order chi connectivity index (χ1) is 11.7. The van der Waals surface area contributed by atoms with Gasteiger partial charge < -0.3 is 14.8 Å². The van der Waals surface area contributed by atoms with Crippen molar-refractivity contribution in [3.63, 3.8) is 0 Å². The molecule has 24 heavy (non-hydrogen) atoms. The molecule has 0 radical (unpaired) electrons. The van der Waals surface area contributed by atoms with Gasteiger partial charge in [0.1, 0.15) is 12.4 Å². The zero-order valence-corrected chi connectivity index (χ0v) is 13.8. The second kappa shape index (κ2) is 7.93. The maximum absolute atomic E-state index is 12.2. The molecule has 0 aliphatic carbocycles. The van der Waals surface area contributed by atoms with E-state index < -0.39 is 0 Å². The zero-order valence-electron chi connectivity index (χ0n) is 13.8. The number of carbonyl (C=O) groups is 1. The van der Waals surface area contributed by atoms with Crippen LogP contribution in [-0.4, -0.2) is 30.2 Å². The fourth-order valence-corrected chi connectivity index (χ4v) is 2.64. The summed E-state index contributed by atoms with van der Waals surface area (Å²) >= 11 is 0. The quantitative estimate of drug-likeness (QED) is 0.887. The summed E-state index contributed by atoms with van der Waals surface area (Å²) in [5.74, 6) is 0.631. The smallest absolute Gasteiger partial charge is 0.251 e. The molecule has 1 aromatic carbocycles. The molecule has 1 aromatic heterocycles. The van der Waals surface area contributed by atoms with Gasteiger partial charge in [-0.2, -0.15) is 0 Å². The highest BCUT2D eigenvalue weighted by Gasteiger charge is 2.16. The molecule has 1 amide bonds. The number of aromatic nitrogens is 1. The second-order valence-electron chi connectivity index (χ2n) is 5.92. The minimum Gasteiger partial charge on any atom is -0.491 e. The molecule has 2 aromatic rings. The van der Waals surface area contributed by atoms with Crippen LogP contribution in [-0.2, 0) is 11.3 Å². The molecule has 1 atom stereocenters. The van der Waals surface area contributed by atoms with Gasteiger partial charge in [0.15, 0.2) is 0 Å². The fourth-order valence-electron chi connectivity index (χ4n) is 2.64. The Morgan fingerprint density at radius 2 is 2.12 bits per heavy atom. The number of aryl methyl sites for hydroxylation is 1. The van der Waals surface area contributed by atoms with Crippen molar-refractivity contribution in [2.24, 2.45) is 0 Å². The normalized spacial score (nSPS) is 16.8. The zero-order chi connectivity index (χ0) is 16.8. The van der Waals surface area contributed by atoms with E-state index in [1.54, 1.807) is 12.1 Å². The molecule has 1 aliphatic heterocycles. The van der Waals surface area contributed by atoms with Gasteiger partial charge in [0, 0.05) is 17.9 Å². The van der Waals surface area contributed by atoms with E-state index in [1.165, 1.54) is 0 Å². The van der Waals surface area contributed by atoms with Crippen LogP contribution in [0.15, 0.2) is 42.5 Å². The van der Waals surface area contributed by atoms with Crippen LogP contribution >= 0.6 is 0 Å². The van der Waals surface area contributed by atoms with Crippen LogP contribution in [0.25, 0.3) is 0 Å². The Bertz CT molecular complexity index is 679. The molecule has 0 bridgehead atoms. The summed E-state index contributed by atoms with van der Waals surface area (Å²) in [5.41, 5.74) is 2.39. The Morgan fingerprint density at radius 3 is 2.83 bits per heavy atom. The molecule has 1 unspecified atom stereocenters. The van der Waals surface area contributed by atoms with Gasteiger partial charge in [-0.15, -0.1) is 0 Å². The number of benzene rings is 1. The van der Waals surface area contributed by atoms with Crippen LogP contribution in [0.4, 0.5) is 0 Å². The van der Waals surface area contributed by atoms with Crippen LogP contribution < -0.4 is 10.1 Å². The van der Waals surface area contributed by atoms with Gasteiger partial charge in [-0.3, -0.25) is 9.78 Å². The number of rotatable bonds is 6. The summed E-state index contributed by atoms with van der Waals surface area (Å²) in [4.78, 5) is 16.5. The summed E-state index contributed by atoms with van der Waals surface area (Å²) in [6, 6.07) is 12.9. The minimum atomic E-state index is -0.121. The van der Waals surface area contributed by atoms with E-state index in [4.69, 9.17) is 9.47 Å². The Hall–Kier alpha value is -2.40. The number of hydrogen-bond donors (Lipinski definition) is 1. The van der Waals surface area contributed by atoms with Crippen LogP contribution in [0, 0.1) is 6.92 Å². The molecule has 5 nitrogen and oxygen atoms in total. The average Bonchev–Trinajstić information content (AvgIpc) is 3.12. The van der Waals surface area contributed by atoms with E-state index >= 15 is 0 Å². The maximum Gasteiger partial charge on any atom is 0.251 e. The van der Waals surface area contributed by atoms with Crippen LogP contribution in [0.2, 0.25) is 0 Å². The molecule has 1 fully saturated rings. The molecular formula is C19H22N2O3. The van der Waals surface area contributed by atoms with E-state index in [-0.39, 0.29) is 12.0 Å². The predicted molar refractivity (Wildman–Crippen MR) is 91.1 cm³/mol. The molecule has 2 heterocycles. The SMILES string of the molecule is Cc1cccc(CNC(=O)c2ccc(OCC3CCCO3)cc2)n1. The number of nitrogens with zero attached hydrogens (tertiary/aromatic N) is 1. The van der Waals surface area contributed by atoms with Crippen molar-refractivity contribution >= 4 is 5.91 Å². The summed E-state index contributed by atoms with van der Waals surface area (Å²) in [5, 5.41) is 2.88. The Labute approximate surface area is 142 Å². The Kier molecular flexibility index (Phi) is 5.43. The molecule has 1 aliphatic rings. The summed E-state index contributed by atoms with van der Waals surface area (Å²) < 4.78 is 11.2. The van der Waals surface area contributed by atoms with Crippen molar-refractivity contribution in [1.82, 2.24) is 10.3 Å². The second-order valence-corrected chi connectivity index (χ2v) is 5.92. The van der Waals surface area contributed by atoms with E-state index in [1.807, 2.05) is 37.3 Å². The van der Waals surface area contributed by atoms with Crippen molar-refractivity contribution in [2.75, 3.05) is 13.2 Å². The molecule has 0 saturated carbocycles. The third-order valence-corrected chi connectivity index (χ3v) is 3.95. The first kappa shape index (κ1) is 16.5. The lowest BCUT2D eigenvalue weighted by molar-refractivity contribution is 0.0679. The molecule has 1 N–H and O–H groups in total. The molecule has 0 spiro atoms. The Morgan fingerprint density at radius 1 is 1.29 bits per heavy atom. The number of carbonyl (C=O) groups excluding carboxylic acids is 1. The Balaban J connectivity index is 1.49. The van der Waals surface area contributed by atoms with Gasteiger partial charge in [-0.25, -0.2) is 0 Å². The lowest BCUT2D eigenvalue weighted by atomic mass is 10.2. The number of ether oxygens (including phenoxy) is 2. The van der Waals surface area contributed by atoms with E-state index in [9.17, 15) is 4.79 Å². The van der Waals surface area contributed by atoms with Gasteiger partial charge in [-0.1, -0.05) is 6.07 Å². The highest BCUT2D eigenvalue weighted by molar-refractivity contribution is 5.94. The highest BCUT2D eigenvalue weighted by atomic mass is 16.5. The number of pyridine rings is 1. The lowest BCUT2D eigenvalue weighted by Gasteiger charge is -2.11. The molecular weight excluding hydrogens is 304 g/mol. The highest BCUT2D eigenvalue weighted by Crippen LogP contribution is 2.16. The van der Waals surface area contributed by atoms with Crippen molar-refractivity contribution in [3.05, 3.63) is 59.4 Å². The number of nitrogens with one attached hydrogen (secondary N) is 1. The largest absolute Gasteiger partial charge is 0.491 e. The first-order valence-corrected chi connectivity index (χ1v) is 8.26. The molecule has 3 rings (SSSR count). The van der Waals surface area contributed by atoms with Gasteiger partial charge in [0.2, 0.25) is 0 Å². The van der Waals surface area contributed by atoms with Gasteiger partial charge >= 0.3 is 0 Å². The lowest BCUT2D eigenvalue weighted by Crippen LogP contribution is -2.23. The van der Waals surface area contributed by atoms with E-state index in [0.717, 1.165) is 36.6 Å². The summed E-state index contributed by atoms with van der Waals surface area (Å²) in [6.45, 7) is 3.73. The average molecular weight is 326 g/mol. The van der Waals surface area contributed by atoms with E-state index in [2.05, 4.69) is 10.3 Å². The fraction of sp³-hybridized carbons (Fsp3) is 0.368. The van der Waals surface area contributed by atoms with Crippen molar-refractivity contribution < 1.29 is 14.3 Å². The topological polar surface area (TPSA) is 60.5 Å². The summed E-state index contributed by atoms with van der Waals surface area (Å²) in [6.07, 6.45) is 2.34. The number of hydrogen-bond acceptors (Lipinski definition) is 4. The third-order valence-electron chi connectivity index (χ3n) is 3.95. The van der Waals surface area contributed by atoms with Crippen LogP contribution in [0.1, 0.15) is 34.6 Å². The van der Waals surface area contributed by atoms with E-state index in [0.29, 0.717) is 18.7 Å². The standard InChI is InChI=1S/C19H22N2O3/c1-14-4-2-5-16(21-14)12-20-19(22)15-7-9-17(10-8-15)24-13-18-6-3-11-23-18/h2,4-5,7-10,18H,3,6,11-13H2,1H3,(H,20,22). The monoisotopic (exact) mass is 326 g/mol. The first-order valence-electron chi connectivity index (χ1n) is 8.26. The number of amides is 1. The summed E-state index contributed by atoms with van der Waals surface area (Å²) in [7, 11) is 0. The maximum atomic E-state index is 12.2. The molecule has 1 saturated heterocycles. The minimum absolute atomic E-state index is 0.121. The van der Waals surface area contributed by atoms with Gasteiger partial charge in [0.05, 0.1) is 18.3 Å². The molecule has 5 heteroatoms. The van der Waals surface area contributed by atoms with Crippen LogP contribution in [0.5, 0.6) is 5.75 Å². The van der Waals surface area contributed by atoms with Gasteiger partial charge in [0.25, 0.3) is 5.91 Å². The molecule has 126 valence electrons. The van der Waals surface area contributed by atoms with Crippen molar-refractivity contribution in [3.8, 4) is 5.75 Å². The van der Waals surface area contributed by atoms with Crippen LogP contribution in [0.3, 0.4) is 0 Å². The van der Waals surface area contributed by atoms with Crippen molar-refractivity contribution in [1.29, 1.82) is 0 Å². The predicted octanol–water partition coefficient (Wildman–Crippen LogP) is 2.88. The third kappa shape index (κ3) is 4.55.